The number of anilines is 1. The summed E-state index contributed by atoms with van der Waals surface area (Å²) in [7, 11) is 0. The molecule has 0 aliphatic carbocycles. The van der Waals surface area contributed by atoms with Gasteiger partial charge < -0.3 is 25.1 Å². The lowest BCUT2D eigenvalue weighted by Gasteiger charge is -2.19. The van der Waals surface area contributed by atoms with E-state index >= 15 is 0 Å². The third-order valence-electron chi connectivity index (χ3n) is 6.00. The summed E-state index contributed by atoms with van der Waals surface area (Å²) < 4.78 is 12.0. The van der Waals surface area contributed by atoms with Crippen LogP contribution in [0.2, 0.25) is 0 Å². The summed E-state index contributed by atoms with van der Waals surface area (Å²) in [4.78, 5) is 29.3. The number of amides is 2. The minimum absolute atomic E-state index is 0.137. The summed E-state index contributed by atoms with van der Waals surface area (Å²) in [6.45, 7) is 7.43. The molecule has 1 fully saturated rings. The summed E-state index contributed by atoms with van der Waals surface area (Å²) in [5.74, 6) is 3.72. The Kier molecular flexibility index (Phi) is 12.3. The predicted molar refractivity (Wildman–Crippen MR) is 159 cm³/mol. The van der Waals surface area contributed by atoms with Crippen molar-refractivity contribution in [3.05, 3.63) is 96.8 Å². The van der Waals surface area contributed by atoms with Gasteiger partial charge in [0.15, 0.2) is 17.3 Å². The van der Waals surface area contributed by atoms with Gasteiger partial charge in [-0.3, -0.25) is 9.59 Å². The highest BCUT2D eigenvalue weighted by atomic mass is 16.5. The van der Waals surface area contributed by atoms with Crippen LogP contribution in [-0.4, -0.2) is 43.0 Å². The monoisotopic (exact) mass is 540 g/mol. The maximum atomic E-state index is 13.3. The SMILES string of the molecule is C#C/C=C\C/C(=C\CNC(=O)c1nc(C2CCNCC2)oc1-c1ccc(NC(C)=O)cc1)OC/C=C/C=C\C=C. The number of benzene rings is 1. The van der Waals surface area contributed by atoms with Gasteiger partial charge in [-0.05, 0) is 68.4 Å². The van der Waals surface area contributed by atoms with E-state index in [0.29, 0.717) is 41.7 Å². The number of aromatic nitrogens is 1. The highest BCUT2D eigenvalue weighted by Crippen LogP contribution is 2.32. The van der Waals surface area contributed by atoms with Crippen molar-refractivity contribution in [3.8, 4) is 23.7 Å². The van der Waals surface area contributed by atoms with Crippen molar-refractivity contribution >= 4 is 17.5 Å². The number of terminal acetylenes is 1. The van der Waals surface area contributed by atoms with Crippen molar-refractivity contribution in [1.82, 2.24) is 15.6 Å². The van der Waals surface area contributed by atoms with Crippen molar-refractivity contribution in [2.24, 2.45) is 0 Å². The van der Waals surface area contributed by atoms with Gasteiger partial charge in [-0.25, -0.2) is 4.98 Å². The molecule has 1 aromatic carbocycles. The fraction of sp³-hybridized carbons (Fsp3) is 0.281. The number of hydrogen-bond acceptors (Lipinski definition) is 6. The first kappa shape index (κ1) is 29.9. The highest BCUT2D eigenvalue weighted by molar-refractivity contribution is 5.98. The fourth-order valence-corrected chi connectivity index (χ4v) is 4.06. The van der Waals surface area contributed by atoms with Gasteiger partial charge in [-0.2, -0.15) is 0 Å². The first-order valence-electron chi connectivity index (χ1n) is 13.3. The van der Waals surface area contributed by atoms with Gasteiger partial charge in [0.05, 0.1) is 5.76 Å². The van der Waals surface area contributed by atoms with Crippen molar-refractivity contribution in [1.29, 1.82) is 0 Å². The Balaban J connectivity index is 1.77. The molecule has 0 saturated carbocycles. The van der Waals surface area contributed by atoms with Crippen LogP contribution in [0.1, 0.15) is 48.5 Å². The van der Waals surface area contributed by atoms with Crippen LogP contribution in [0, 0.1) is 12.3 Å². The first-order chi connectivity index (χ1) is 19.5. The minimum atomic E-state index is -0.353. The van der Waals surface area contributed by atoms with E-state index in [1.165, 1.54) is 6.92 Å². The smallest absolute Gasteiger partial charge is 0.274 e. The zero-order chi connectivity index (χ0) is 28.6. The Hall–Kier alpha value is -4.61. The summed E-state index contributed by atoms with van der Waals surface area (Å²) in [5, 5.41) is 8.99. The molecule has 2 heterocycles. The van der Waals surface area contributed by atoms with Crippen LogP contribution < -0.4 is 16.0 Å². The second kappa shape index (κ2) is 16.4. The van der Waals surface area contributed by atoms with Crippen LogP contribution in [-0.2, 0) is 9.53 Å². The standard InChI is InChI=1S/C32H36N4O4/c1-4-6-8-9-11-23-39-28(12-10-7-5-2)19-22-34-31(38)29-30(25-13-15-27(16-14-25)35-24(3)37)40-32(36-29)26-17-20-33-21-18-26/h2,4,6-11,13-16,19,26,33H,1,12,17-18,20-23H2,3H3,(H,34,38)(H,35,37)/b8-6-,10-7-,11-9+,28-19+. The topological polar surface area (TPSA) is 105 Å². The molecular formula is C32H36N4O4. The number of allylic oxidation sites excluding steroid dienone is 6. The van der Waals surface area contributed by atoms with Crippen molar-refractivity contribution < 1.29 is 18.7 Å². The van der Waals surface area contributed by atoms with Crippen LogP contribution in [0.5, 0.6) is 0 Å². The number of rotatable bonds is 13. The molecule has 0 atom stereocenters. The molecule has 1 aliphatic rings. The molecule has 8 nitrogen and oxygen atoms in total. The highest BCUT2D eigenvalue weighted by Gasteiger charge is 2.26. The molecule has 40 heavy (non-hydrogen) atoms. The maximum absolute atomic E-state index is 13.3. The molecule has 1 aromatic heterocycles. The molecule has 8 heteroatoms. The predicted octanol–water partition coefficient (Wildman–Crippen LogP) is 5.28. The molecule has 1 aliphatic heterocycles. The van der Waals surface area contributed by atoms with Crippen LogP contribution in [0.4, 0.5) is 5.69 Å². The van der Waals surface area contributed by atoms with E-state index in [2.05, 4.69) is 33.4 Å². The van der Waals surface area contributed by atoms with Gasteiger partial charge in [-0.15, -0.1) is 6.42 Å². The van der Waals surface area contributed by atoms with E-state index in [1.54, 1.807) is 36.4 Å². The lowest BCUT2D eigenvalue weighted by atomic mass is 9.98. The van der Waals surface area contributed by atoms with E-state index in [9.17, 15) is 9.59 Å². The van der Waals surface area contributed by atoms with Gasteiger partial charge in [0, 0.05) is 37.1 Å². The number of nitrogens with zero attached hydrogens (tertiary/aromatic N) is 1. The normalized spacial score (nSPS) is 14.4. The molecule has 0 spiro atoms. The quantitative estimate of drug-likeness (QED) is 0.182. The molecular weight excluding hydrogens is 504 g/mol. The number of carbonyl (C=O) groups is 2. The lowest BCUT2D eigenvalue weighted by molar-refractivity contribution is -0.114. The molecule has 208 valence electrons. The fourth-order valence-electron chi connectivity index (χ4n) is 4.06. The molecule has 2 aromatic rings. The molecule has 1 saturated heterocycles. The number of nitrogens with one attached hydrogen (secondary N) is 3. The summed E-state index contributed by atoms with van der Waals surface area (Å²) >= 11 is 0. The Labute approximate surface area is 236 Å². The van der Waals surface area contributed by atoms with Crippen LogP contribution >= 0.6 is 0 Å². The maximum Gasteiger partial charge on any atom is 0.274 e. The minimum Gasteiger partial charge on any atom is -0.494 e. The Morgan fingerprint density at radius 3 is 2.67 bits per heavy atom. The largest absolute Gasteiger partial charge is 0.494 e. The Bertz CT molecular complexity index is 1300. The number of oxazole rings is 1. The third kappa shape index (κ3) is 9.61. The van der Waals surface area contributed by atoms with Gasteiger partial charge in [0.25, 0.3) is 5.91 Å². The number of carbonyl (C=O) groups excluding carboxylic acids is 2. The summed E-state index contributed by atoms with van der Waals surface area (Å²) in [6, 6.07) is 7.14. The van der Waals surface area contributed by atoms with Crippen molar-refractivity contribution in [3.63, 3.8) is 0 Å². The molecule has 0 bridgehead atoms. The number of ether oxygens (including phenoxy) is 1. The summed E-state index contributed by atoms with van der Waals surface area (Å²) in [5.41, 5.74) is 1.58. The number of piperidine rings is 1. The van der Waals surface area contributed by atoms with Gasteiger partial charge >= 0.3 is 0 Å². The van der Waals surface area contributed by atoms with E-state index in [4.69, 9.17) is 15.6 Å². The average Bonchev–Trinajstić information content (AvgIpc) is 3.41. The van der Waals surface area contributed by atoms with Crippen LogP contribution in [0.15, 0.2) is 89.6 Å². The van der Waals surface area contributed by atoms with E-state index in [0.717, 1.165) is 25.9 Å². The van der Waals surface area contributed by atoms with Gasteiger partial charge in [0.2, 0.25) is 5.91 Å². The second-order valence-electron chi connectivity index (χ2n) is 9.03. The van der Waals surface area contributed by atoms with Crippen LogP contribution in [0.3, 0.4) is 0 Å². The van der Waals surface area contributed by atoms with Crippen molar-refractivity contribution in [2.45, 2.75) is 32.1 Å². The first-order valence-corrected chi connectivity index (χ1v) is 13.3. The van der Waals surface area contributed by atoms with Crippen molar-refractivity contribution in [2.75, 3.05) is 31.6 Å². The molecule has 0 radical (unpaired) electrons. The lowest BCUT2D eigenvalue weighted by Crippen LogP contribution is -2.27. The Morgan fingerprint density at radius 1 is 1.20 bits per heavy atom. The van der Waals surface area contributed by atoms with Gasteiger partial charge in [-0.1, -0.05) is 42.9 Å². The Morgan fingerprint density at radius 2 is 1.98 bits per heavy atom. The molecule has 2 amide bonds. The molecule has 0 unspecified atom stereocenters. The van der Waals surface area contributed by atoms with E-state index in [1.807, 2.05) is 36.5 Å². The van der Waals surface area contributed by atoms with E-state index < -0.39 is 0 Å². The average molecular weight is 541 g/mol. The van der Waals surface area contributed by atoms with Crippen LogP contribution in [0.25, 0.3) is 11.3 Å². The molecule has 3 rings (SSSR count). The van der Waals surface area contributed by atoms with Gasteiger partial charge in [0.1, 0.15) is 6.61 Å². The number of hydrogen-bond donors (Lipinski definition) is 3. The third-order valence-corrected chi connectivity index (χ3v) is 6.00. The zero-order valence-electron chi connectivity index (χ0n) is 22.8. The molecule has 3 N–H and O–H groups in total. The van der Waals surface area contributed by atoms with E-state index in [-0.39, 0.29) is 30.0 Å². The second-order valence-corrected chi connectivity index (χ2v) is 9.03. The summed E-state index contributed by atoms with van der Waals surface area (Å²) in [6.07, 6.45) is 21.9. The zero-order valence-corrected chi connectivity index (χ0v) is 22.8.